The van der Waals surface area contributed by atoms with Crippen LogP contribution in [-0.2, 0) is 4.79 Å². The number of benzene rings is 3. The van der Waals surface area contributed by atoms with E-state index in [2.05, 4.69) is 43.3 Å². The minimum absolute atomic E-state index is 0.0108. The summed E-state index contributed by atoms with van der Waals surface area (Å²) >= 11 is 1.64. The largest absolute Gasteiger partial charge is 0.497 e. The van der Waals surface area contributed by atoms with Gasteiger partial charge in [0.25, 0.3) is 0 Å². The molecule has 0 spiro atoms. The Kier molecular flexibility index (Phi) is 4.90. The normalized spacial score (nSPS) is 18.9. The molecule has 1 amide bonds. The lowest BCUT2D eigenvalue weighted by Gasteiger charge is -2.47. The lowest BCUT2D eigenvalue weighted by molar-refractivity contribution is -0.123. The predicted octanol–water partition coefficient (Wildman–Crippen LogP) is 5.25. The van der Waals surface area contributed by atoms with Crippen molar-refractivity contribution in [2.75, 3.05) is 12.0 Å². The van der Waals surface area contributed by atoms with E-state index in [1.165, 1.54) is 5.56 Å². The van der Waals surface area contributed by atoms with Crippen LogP contribution in [-0.4, -0.2) is 18.3 Å². The molecule has 3 nitrogen and oxygen atoms in total. The minimum atomic E-state index is -0.128. The first-order valence-corrected chi connectivity index (χ1v) is 9.81. The molecular weight excluding hydrogens is 354 g/mol. The van der Waals surface area contributed by atoms with Crippen LogP contribution in [0.25, 0.3) is 0 Å². The second-order valence-corrected chi connectivity index (χ2v) is 7.83. The third-order valence-electron chi connectivity index (χ3n) is 4.82. The van der Waals surface area contributed by atoms with E-state index >= 15 is 0 Å². The van der Waals surface area contributed by atoms with E-state index in [9.17, 15) is 4.79 Å². The van der Waals surface area contributed by atoms with Gasteiger partial charge < -0.3 is 9.64 Å². The summed E-state index contributed by atoms with van der Waals surface area (Å²) in [6.07, 6.45) is 0. The summed E-state index contributed by atoms with van der Waals surface area (Å²) in [5.74, 6) is 0.924. The first-order valence-electron chi connectivity index (χ1n) is 8.93. The quantitative estimate of drug-likeness (QED) is 0.570. The molecule has 1 aliphatic heterocycles. The van der Waals surface area contributed by atoms with Gasteiger partial charge in [0.1, 0.15) is 11.0 Å². The number of rotatable bonds is 5. The average molecular weight is 375 g/mol. The van der Waals surface area contributed by atoms with Crippen LogP contribution in [0.1, 0.15) is 17.2 Å². The van der Waals surface area contributed by atoms with Crippen molar-refractivity contribution in [2.24, 2.45) is 0 Å². The Morgan fingerprint density at radius 1 is 0.889 bits per heavy atom. The number of ether oxygens (including phenoxy) is 1. The molecule has 1 aliphatic rings. The zero-order valence-corrected chi connectivity index (χ0v) is 16.1. The van der Waals surface area contributed by atoms with Crippen LogP contribution >= 0.6 is 11.8 Å². The number of anilines is 1. The fourth-order valence-corrected chi connectivity index (χ4v) is 4.57. The smallest absolute Gasteiger partial charge is 0.243 e. The van der Waals surface area contributed by atoms with Crippen LogP contribution in [0.15, 0.2) is 83.8 Å². The van der Waals surface area contributed by atoms with Gasteiger partial charge in [0.2, 0.25) is 5.91 Å². The van der Waals surface area contributed by atoms with Gasteiger partial charge in [0, 0.05) is 10.6 Å². The first kappa shape index (κ1) is 17.7. The van der Waals surface area contributed by atoms with E-state index in [0.29, 0.717) is 0 Å². The summed E-state index contributed by atoms with van der Waals surface area (Å²) in [5.41, 5.74) is 3.27. The first-order chi connectivity index (χ1) is 13.2. The van der Waals surface area contributed by atoms with Crippen molar-refractivity contribution < 1.29 is 9.53 Å². The average Bonchev–Trinajstić information content (AvgIpc) is 2.72. The van der Waals surface area contributed by atoms with Gasteiger partial charge in [-0.15, -0.1) is 11.8 Å². The summed E-state index contributed by atoms with van der Waals surface area (Å²) in [4.78, 5) is 16.1. The molecule has 1 heterocycles. The molecule has 1 fully saturated rings. The van der Waals surface area contributed by atoms with Crippen LogP contribution in [0.2, 0.25) is 0 Å². The highest BCUT2D eigenvalue weighted by Crippen LogP contribution is 2.47. The third-order valence-corrected chi connectivity index (χ3v) is 6.08. The van der Waals surface area contributed by atoms with Crippen LogP contribution in [0.5, 0.6) is 5.75 Å². The van der Waals surface area contributed by atoms with E-state index in [1.807, 2.05) is 47.4 Å². The van der Waals surface area contributed by atoms with Crippen molar-refractivity contribution in [3.8, 4) is 5.75 Å². The fourth-order valence-electron chi connectivity index (χ4n) is 3.34. The lowest BCUT2D eigenvalue weighted by Crippen LogP contribution is -2.57. The van der Waals surface area contributed by atoms with Crippen LogP contribution in [0.3, 0.4) is 0 Å². The van der Waals surface area contributed by atoms with E-state index in [-0.39, 0.29) is 17.2 Å². The number of hydrogen-bond donors (Lipinski definition) is 0. The molecule has 3 aromatic rings. The second-order valence-electron chi connectivity index (χ2n) is 6.61. The number of hydrogen-bond acceptors (Lipinski definition) is 3. The summed E-state index contributed by atoms with van der Waals surface area (Å²) in [6.45, 7) is 2.08. The zero-order chi connectivity index (χ0) is 18.8. The molecule has 0 bridgehead atoms. The minimum Gasteiger partial charge on any atom is -0.497 e. The molecule has 0 unspecified atom stereocenters. The van der Waals surface area contributed by atoms with Gasteiger partial charge in [-0.1, -0.05) is 48.0 Å². The van der Waals surface area contributed by atoms with Crippen molar-refractivity contribution in [3.63, 3.8) is 0 Å². The number of nitrogens with zero attached hydrogens (tertiary/aromatic N) is 1. The highest BCUT2D eigenvalue weighted by atomic mass is 32.2. The molecule has 3 aromatic carbocycles. The molecule has 27 heavy (non-hydrogen) atoms. The Bertz CT molecular complexity index is 923. The van der Waals surface area contributed by atoms with E-state index in [1.54, 1.807) is 18.9 Å². The number of carbonyl (C=O) groups excluding carboxylic acids is 1. The van der Waals surface area contributed by atoms with Gasteiger partial charge in [-0.3, -0.25) is 4.79 Å². The Morgan fingerprint density at radius 3 is 2.19 bits per heavy atom. The van der Waals surface area contributed by atoms with Crippen molar-refractivity contribution in [3.05, 3.63) is 90.0 Å². The standard InChI is InChI=1S/C23H21NO2S/c1-16-8-10-17(11-9-16)21-22(27-20-6-4-3-5-7-20)23(25)24(21)18-12-14-19(26-2)15-13-18/h3-15,21-22H,1-2H3/t21-,22+/m0/s1. The fraction of sp³-hybridized carbons (Fsp3) is 0.174. The monoisotopic (exact) mass is 375 g/mol. The number of carbonyl (C=O) groups is 1. The Hall–Kier alpha value is -2.72. The van der Waals surface area contributed by atoms with Gasteiger partial charge in [0.15, 0.2) is 0 Å². The number of amides is 1. The van der Waals surface area contributed by atoms with Crippen molar-refractivity contribution in [1.82, 2.24) is 0 Å². The van der Waals surface area contributed by atoms with Gasteiger partial charge in [0.05, 0.1) is 13.2 Å². The molecule has 0 aromatic heterocycles. The highest BCUT2D eigenvalue weighted by molar-refractivity contribution is 8.00. The molecule has 0 aliphatic carbocycles. The maximum Gasteiger partial charge on any atom is 0.243 e. The summed E-state index contributed by atoms with van der Waals surface area (Å²) in [6, 6.07) is 26.3. The Morgan fingerprint density at radius 2 is 1.56 bits per heavy atom. The maximum atomic E-state index is 13.0. The molecule has 0 N–H and O–H groups in total. The summed E-state index contributed by atoms with van der Waals surface area (Å²) < 4.78 is 5.24. The zero-order valence-electron chi connectivity index (χ0n) is 15.3. The lowest BCUT2D eigenvalue weighted by atomic mass is 9.91. The van der Waals surface area contributed by atoms with Gasteiger partial charge in [-0.2, -0.15) is 0 Å². The number of aryl methyl sites for hydroxylation is 1. The van der Waals surface area contributed by atoms with Gasteiger partial charge in [-0.05, 0) is 48.9 Å². The topological polar surface area (TPSA) is 29.5 Å². The molecule has 0 saturated carbocycles. The number of β-lactam (4-membered cyclic amide) rings is 1. The molecule has 4 heteroatoms. The molecule has 0 radical (unpaired) electrons. The predicted molar refractivity (Wildman–Crippen MR) is 110 cm³/mol. The number of thioether (sulfide) groups is 1. The van der Waals surface area contributed by atoms with Crippen molar-refractivity contribution in [2.45, 2.75) is 23.1 Å². The Balaban J connectivity index is 1.67. The third kappa shape index (κ3) is 3.45. The maximum absolute atomic E-state index is 13.0. The van der Waals surface area contributed by atoms with E-state index in [0.717, 1.165) is 21.9 Å². The van der Waals surface area contributed by atoms with E-state index in [4.69, 9.17) is 4.74 Å². The van der Waals surface area contributed by atoms with Gasteiger partial charge in [-0.25, -0.2) is 0 Å². The molecule has 1 saturated heterocycles. The molecule has 2 atom stereocenters. The second kappa shape index (κ2) is 7.49. The van der Waals surface area contributed by atoms with E-state index < -0.39 is 0 Å². The van der Waals surface area contributed by atoms with Gasteiger partial charge >= 0.3 is 0 Å². The highest BCUT2D eigenvalue weighted by Gasteiger charge is 2.49. The summed E-state index contributed by atoms with van der Waals surface area (Å²) in [5, 5.41) is -0.128. The van der Waals surface area contributed by atoms with Crippen LogP contribution in [0, 0.1) is 6.92 Å². The summed E-state index contributed by atoms with van der Waals surface area (Å²) in [7, 11) is 1.64. The Labute approximate surface area is 164 Å². The van der Waals surface area contributed by atoms with Crippen molar-refractivity contribution >= 4 is 23.4 Å². The van der Waals surface area contributed by atoms with Crippen LogP contribution in [0.4, 0.5) is 5.69 Å². The van der Waals surface area contributed by atoms with Crippen LogP contribution < -0.4 is 9.64 Å². The SMILES string of the molecule is COc1ccc(N2C(=O)[C@H](Sc3ccccc3)[C@@H]2c2ccc(C)cc2)cc1. The number of methoxy groups -OCH3 is 1. The molecular formula is C23H21NO2S. The van der Waals surface area contributed by atoms with Crippen molar-refractivity contribution in [1.29, 1.82) is 0 Å². The molecule has 136 valence electrons. The molecule has 4 rings (SSSR count).